The Bertz CT molecular complexity index is 521. The standard InChI is InChI=1S/C15H18N4/c1-3-12(10-16-6-1)9-15-18-8-5-14(19-15)13-4-2-7-17-11-13/h2,4-5,7-8,11-12,16H,1,3,6,9-10H2. The smallest absolute Gasteiger partial charge is 0.129 e. The fourth-order valence-corrected chi connectivity index (χ4v) is 2.53. The van der Waals surface area contributed by atoms with E-state index in [1.54, 1.807) is 6.20 Å². The molecule has 1 aliphatic rings. The van der Waals surface area contributed by atoms with E-state index < -0.39 is 0 Å². The maximum atomic E-state index is 4.66. The van der Waals surface area contributed by atoms with Crippen molar-refractivity contribution in [2.45, 2.75) is 19.3 Å². The first-order valence-corrected chi connectivity index (χ1v) is 6.85. The summed E-state index contributed by atoms with van der Waals surface area (Å²) in [7, 11) is 0. The topological polar surface area (TPSA) is 50.7 Å². The molecule has 4 nitrogen and oxygen atoms in total. The molecule has 1 fully saturated rings. The third-order valence-corrected chi connectivity index (χ3v) is 3.53. The van der Waals surface area contributed by atoms with Crippen molar-refractivity contribution in [2.24, 2.45) is 5.92 Å². The highest BCUT2D eigenvalue weighted by molar-refractivity contribution is 5.56. The second-order valence-electron chi connectivity index (χ2n) is 5.02. The molecule has 1 N–H and O–H groups in total. The lowest BCUT2D eigenvalue weighted by Gasteiger charge is -2.21. The average molecular weight is 254 g/mol. The first-order valence-electron chi connectivity index (χ1n) is 6.85. The molecular weight excluding hydrogens is 236 g/mol. The molecular formula is C15H18N4. The Morgan fingerprint density at radius 1 is 1.26 bits per heavy atom. The minimum absolute atomic E-state index is 0.665. The van der Waals surface area contributed by atoms with Crippen LogP contribution in [0.25, 0.3) is 11.3 Å². The highest BCUT2D eigenvalue weighted by Gasteiger charge is 2.15. The van der Waals surface area contributed by atoms with Crippen LogP contribution in [-0.4, -0.2) is 28.0 Å². The number of pyridine rings is 1. The van der Waals surface area contributed by atoms with E-state index in [1.165, 1.54) is 12.8 Å². The molecule has 19 heavy (non-hydrogen) atoms. The van der Waals surface area contributed by atoms with Crippen LogP contribution < -0.4 is 5.32 Å². The molecule has 0 amide bonds. The number of hydrogen-bond donors (Lipinski definition) is 1. The van der Waals surface area contributed by atoms with Gasteiger partial charge in [0, 0.05) is 30.6 Å². The largest absolute Gasteiger partial charge is 0.316 e. The van der Waals surface area contributed by atoms with Gasteiger partial charge in [0.1, 0.15) is 5.82 Å². The molecule has 0 aromatic carbocycles. The zero-order valence-corrected chi connectivity index (χ0v) is 10.9. The Hall–Kier alpha value is -1.81. The summed E-state index contributed by atoms with van der Waals surface area (Å²) in [6.07, 6.45) is 8.95. The Balaban J connectivity index is 1.76. The van der Waals surface area contributed by atoms with Crippen LogP contribution >= 0.6 is 0 Å². The van der Waals surface area contributed by atoms with Crippen molar-refractivity contribution < 1.29 is 0 Å². The lowest BCUT2D eigenvalue weighted by molar-refractivity contribution is 0.371. The summed E-state index contributed by atoms with van der Waals surface area (Å²) >= 11 is 0. The molecule has 1 aliphatic heterocycles. The number of rotatable bonds is 3. The first kappa shape index (κ1) is 12.2. The van der Waals surface area contributed by atoms with Crippen LogP contribution in [0, 0.1) is 5.92 Å². The summed E-state index contributed by atoms with van der Waals surface area (Å²) in [6.45, 7) is 2.23. The fraction of sp³-hybridized carbons (Fsp3) is 0.400. The first-order chi connectivity index (χ1) is 9.42. The van der Waals surface area contributed by atoms with Crippen molar-refractivity contribution >= 4 is 0 Å². The molecule has 0 aliphatic carbocycles. The maximum absolute atomic E-state index is 4.66. The predicted molar refractivity (Wildman–Crippen MR) is 74.6 cm³/mol. The van der Waals surface area contributed by atoms with E-state index in [1.807, 2.05) is 30.6 Å². The summed E-state index contributed by atoms with van der Waals surface area (Å²) in [6, 6.07) is 5.91. The van der Waals surface area contributed by atoms with Gasteiger partial charge in [0.25, 0.3) is 0 Å². The van der Waals surface area contributed by atoms with Gasteiger partial charge in [-0.1, -0.05) is 0 Å². The SMILES string of the molecule is c1cncc(-c2ccnc(CC3CCCNC3)n2)c1. The van der Waals surface area contributed by atoms with Gasteiger partial charge in [-0.25, -0.2) is 9.97 Å². The quantitative estimate of drug-likeness (QED) is 0.911. The highest BCUT2D eigenvalue weighted by atomic mass is 14.9. The monoisotopic (exact) mass is 254 g/mol. The van der Waals surface area contributed by atoms with E-state index in [4.69, 9.17) is 0 Å². The van der Waals surface area contributed by atoms with Gasteiger partial charge in [0.2, 0.25) is 0 Å². The molecule has 98 valence electrons. The molecule has 0 saturated carbocycles. The number of nitrogens with zero attached hydrogens (tertiary/aromatic N) is 3. The normalized spacial score (nSPS) is 19.3. The van der Waals surface area contributed by atoms with Crippen LogP contribution in [0.1, 0.15) is 18.7 Å². The molecule has 1 saturated heterocycles. The number of aromatic nitrogens is 3. The predicted octanol–water partition coefficient (Wildman–Crippen LogP) is 2.08. The van der Waals surface area contributed by atoms with Crippen molar-refractivity contribution in [1.82, 2.24) is 20.3 Å². The number of nitrogens with one attached hydrogen (secondary N) is 1. The Morgan fingerprint density at radius 3 is 3.05 bits per heavy atom. The molecule has 3 heterocycles. The van der Waals surface area contributed by atoms with Gasteiger partial charge >= 0.3 is 0 Å². The third-order valence-electron chi connectivity index (χ3n) is 3.53. The second-order valence-corrected chi connectivity index (χ2v) is 5.02. The van der Waals surface area contributed by atoms with Gasteiger partial charge in [0.15, 0.2) is 0 Å². The molecule has 2 aromatic rings. The van der Waals surface area contributed by atoms with Crippen LogP contribution in [0.5, 0.6) is 0 Å². The Kier molecular flexibility index (Phi) is 3.79. The van der Waals surface area contributed by atoms with Crippen LogP contribution in [0.4, 0.5) is 0 Å². The van der Waals surface area contributed by atoms with Crippen LogP contribution in [0.2, 0.25) is 0 Å². The summed E-state index contributed by atoms with van der Waals surface area (Å²) in [5.74, 6) is 1.60. The van der Waals surface area contributed by atoms with E-state index >= 15 is 0 Å². The van der Waals surface area contributed by atoms with Gasteiger partial charge in [0.05, 0.1) is 5.69 Å². The molecule has 2 aromatic heterocycles. The van der Waals surface area contributed by atoms with Gasteiger partial charge < -0.3 is 5.32 Å². The molecule has 3 rings (SSSR count). The minimum atomic E-state index is 0.665. The van der Waals surface area contributed by atoms with E-state index in [0.29, 0.717) is 5.92 Å². The fourth-order valence-electron chi connectivity index (χ4n) is 2.53. The number of piperidine rings is 1. The molecule has 0 spiro atoms. The van der Waals surface area contributed by atoms with Crippen molar-refractivity contribution in [1.29, 1.82) is 0 Å². The van der Waals surface area contributed by atoms with Crippen LogP contribution in [0.3, 0.4) is 0 Å². The third kappa shape index (κ3) is 3.15. The van der Waals surface area contributed by atoms with Gasteiger partial charge in [-0.05, 0) is 50.0 Å². The molecule has 4 heteroatoms. The molecule has 1 atom stereocenters. The van der Waals surface area contributed by atoms with Crippen molar-refractivity contribution in [2.75, 3.05) is 13.1 Å². The Morgan fingerprint density at radius 2 is 2.26 bits per heavy atom. The number of hydrogen-bond acceptors (Lipinski definition) is 4. The Labute approximate surface area is 113 Å². The van der Waals surface area contributed by atoms with Gasteiger partial charge in [-0.2, -0.15) is 0 Å². The zero-order valence-electron chi connectivity index (χ0n) is 10.9. The molecule has 0 radical (unpaired) electrons. The minimum Gasteiger partial charge on any atom is -0.316 e. The van der Waals surface area contributed by atoms with Crippen molar-refractivity contribution in [3.8, 4) is 11.3 Å². The average Bonchev–Trinajstić information content (AvgIpc) is 2.49. The maximum Gasteiger partial charge on any atom is 0.129 e. The highest BCUT2D eigenvalue weighted by Crippen LogP contribution is 2.18. The zero-order chi connectivity index (χ0) is 12.9. The summed E-state index contributed by atoms with van der Waals surface area (Å²) in [5, 5.41) is 3.44. The summed E-state index contributed by atoms with van der Waals surface area (Å²) in [5.41, 5.74) is 2.01. The van der Waals surface area contributed by atoms with E-state index in [-0.39, 0.29) is 0 Å². The van der Waals surface area contributed by atoms with E-state index in [0.717, 1.165) is 36.6 Å². The van der Waals surface area contributed by atoms with Crippen LogP contribution in [0.15, 0.2) is 36.8 Å². The lowest BCUT2D eigenvalue weighted by atomic mass is 9.96. The van der Waals surface area contributed by atoms with Crippen LogP contribution in [-0.2, 0) is 6.42 Å². The van der Waals surface area contributed by atoms with E-state index in [2.05, 4.69) is 20.3 Å². The summed E-state index contributed by atoms with van der Waals surface area (Å²) in [4.78, 5) is 13.2. The molecule has 0 bridgehead atoms. The second kappa shape index (κ2) is 5.89. The van der Waals surface area contributed by atoms with Crippen molar-refractivity contribution in [3.63, 3.8) is 0 Å². The summed E-state index contributed by atoms with van der Waals surface area (Å²) < 4.78 is 0. The molecule has 1 unspecified atom stereocenters. The van der Waals surface area contributed by atoms with E-state index in [9.17, 15) is 0 Å². The van der Waals surface area contributed by atoms with Gasteiger partial charge in [-0.15, -0.1) is 0 Å². The lowest BCUT2D eigenvalue weighted by Crippen LogP contribution is -2.31. The van der Waals surface area contributed by atoms with Gasteiger partial charge in [-0.3, -0.25) is 4.98 Å². The van der Waals surface area contributed by atoms with Crippen molar-refractivity contribution in [3.05, 3.63) is 42.6 Å².